The molecular weight excluding hydrogens is 230 g/mol. The van der Waals surface area contributed by atoms with Crippen molar-refractivity contribution in [2.24, 2.45) is 5.92 Å². The van der Waals surface area contributed by atoms with Crippen molar-refractivity contribution in [3.63, 3.8) is 0 Å². The monoisotopic (exact) mass is 255 g/mol. The van der Waals surface area contributed by atoms with Gasteiger partial charge in [0, 0.05) is 19.6 Å². The molecule has 0 atom stereocenters. The Kier molecular flexibility index (Phi) is 5.01. The van der Waals surface area contributed by atoms with E-state index < -0.39 is 5.54 Å². The van der Waals surface area contributed by atoms with Gasteiger partial charge in [-0.25, -0.2) is 0 Å². The quantitative estimate of drug-likeness (QED) is 0.784. The Hall–Kier alpha value is -0.610. The summed E-state index contributed by atoms with van der Waals surface area (Å²) >= 11 is 0. The standard InChI is InChI=1S/C14H25NO3/c16-11-14(7-9-18-10-8-14)15-13(17)6-5-12-3-1-2-4-12/h12,16H,1-11H2,(H,15,17). The van der Waals surface area contributed by atoms with E-state index in [9.17, 15) is 9.90 Å². The maximum atomic E-state index is 12.0. The third-order valence-electron chi connectivity index (χ3n) is 4.41. The molecule has 0 aromatic rings. The Balaban J connectivity index is 1.74. The number of nitrogens with one attached hydrogen (secondary N) is 1. The van der Waals surface area contributed by atoms with Crippen LogP contribution in [0, 0.1) is 5.92 Å². The second-order valence-electron chi connectivity index (χ2n) is 5.79. The van der Waals surface area contributed by atoms with Gasteiger partial charge in [0.05, 0.1) is 12.1 Å². The summed E-state index contributed by atoms with van der Waals surface area (Å²) in [5.41, 5.74) is -0.426. The lowest BCUT2D eigenvalue weighted by atomic mass is 9.90. The average molecular weight is 255 g/mol. The average Bonchev–Trinajstić information content (AvgIpc) is 2.91. The first-order chi connectivity index (χ1) is 8.74. The molecule has 1 saturated carbocycles. The first-order valence-corrected chi connectivity index (χ1v) is 7.24. The highest BCUT2D eigenvalue weighted by molar-refractivity contribution is 5.76. The Morgan fingerprint density at radius 3 is 2.56 bits per heavy atom. The summed E-state index contributed by atoms with van der Waals surface area (Å²) in [7, 11) is 0. The molecule has 104 valence electrons. The first kappa shape index (κ1) is 13.8. The van der Waals surface area contributed by atoms with E-state index in [1.54, 1.807) is 0 Å². The summed E-state index contributed by atoms with van der Waals surface area (Å²) in [4.78, 5) is 12.0. The van der Waals surface area contributed by atoms with Crippen LogP contribution in [0.2, 0.25) is 0 Å². The molecule has 1 aliphatic carbocycles. The van der Waals surface area contributed by atoms with Gasteiger partial charge in [0.1, 0.15) is 0 Å². The van der Waals surface area contributed by atoms with Crippen LogP contribution >= 0.6 is 0 Å². The van der Waals surface area contributed by atoms with Crippen molar-refractivity contribution in [2.75, 3.05) is 19.8 Å². The van der Waals surface area contributed by atoms with E-state index in [1.165, 1.54) is 25.7 Å². The fourth-order valence-electron chi connectivity index (χ4n) is 3.08. The number of hydrogen-bond acceptors (Lipinski definition) is 3. The summed E-state index contributed by atoms with van der Waals surface area (Å²) in [6.07, 6.45) is 8.27. The molecule has 2 aliphatic rings. The summed E-state index contributed by atoms with van der Waals surface area (Å²) in [5.74, 6) is 0.841. The van der Waals surface area contributed by atoms with Crippen LogP contribution in [0.25, 0.3) is 0 Å². The Labute approximate surface area is 109 Å². The highest BCUT2D eigenvalue weighted by atomic mass is 16.5. The molecule has 0 spiro atoms. The van der Waals surface area contributed by atoms with Crippen LogP contribution in [0.4, 0.5) is 0 Å². The van der Waals surface area contributed by atoms with Gasteiger partial charge in [0.2, 0.25) is 5.91 Å². The number of ether oxygens (including phenoxy) is 1. The van der Waals surface area contributed by atoms with Crippen LogP contribution in [-0.2, 0) is 9.53 Å². The van der Waals surface area contributed by atoms with Crippen LogP contribution in [0.3, 0.4) is 0 Å². The second kappa shape index (κ2) is 6.53. The highest BCUT2D eigenvalue weighted by Crippen LogP contribution is 2.28. The molecule has 2 fully saturated rings. The minimum absolute atomic E-state index is 0.0194. The van der Waals surface area contributed by atoms with Crippen molar-refractivity contribution < 1.29 is 14.6 Å². The van der Waals surface area contributed by atoms with Crippen molar-refractivity contribution >= 4 is 5.91 Å². The molecule has 0 bridgehead atoms. The van der Waals surface area contributed by atoms with Crippen LogP contribution in [0.5, 0.6) is 0 Å². The zero-order chi connectivity index (χ0) is 12.8. The molecule has 0 aromatic heterocycles. The third-order valence-corrected chi connectivity index (χ3v) is 4.41. The molecule has 1 saturated heterocycles. The molecular formula is C14H25NO3. The highest BCUT2D eigenvalue weighted by Gasteiger charge is 2.33. The van der Waals surface area contributed by atoms with Gasteiger partial charge in [0.15, 0.2) is 0 Å². The molecule has 4 heteroatoms. The predicted molar refractivity (Wildman–Crippen MR) is 69.2 cm³/mol. The lowest BCUT2D eigenvalue weighted by Gasteiger charge is -2.36. The summed E-state index contributed by atoms with van der Waals surface area (Å²) < 4.78 is 5.29. The van der Waals surface area contributed by atoms with Crippen molar-refractivity contribution in [2.45, 2.75) is 56.9 Å². The van der Waals surface area contributed by atoms with Gasteiger partial charge in [-0.2, -0.15) is 0 Å². The van der Waals surface area contributed by atoms with Crippen molar-refractivity contribution in [3.8, 4) is 0 Å². The van der Waals surface area contributed by atoms with Gasteiger partial charge < -0.3 is 15.2 Å². The van der Waals surface area contributed by atoms with E-state index in [0.717, 1.165) is 25.2 Å². The fraction of sp³-hybridized carbons (Fsp3) is 0.929. The summed E-state index contributed by atoms with van der Waals surface area (Å²) in [6.45, 7) is 1.28. The Morgan fingerprint density at radius 2 is 1.94 bits per heavy atom. The lowest BCUT2D eigenvalue weighted by molar-refractivity contribution is -0.125. The smallest absolute Gasteiger partial charge is 0.220 e. The van der Waals surface area contributed by atoms with Crippen molar-refractivity contribution in [1.29, 1.82) is 0 Å². The van der Waals surface area contributed by atoms with Gasteiger partial charge in [-0.05, 0) is 25.2 Å². The van der Waals surface area contributed by atoms with E-state index in [-0.39, 0.29) is 12.5 Å². The number of amides is 1. The predicted octanol–water partition coefficient (Wildman–Crippen LogP) is 1.61. The Bertz CT molecular complexity index is 268. The number of aliphatic hydroxyl groups is 1. The number of carbonyl (C=O) groups is 1. The topological polar surface area (TPSA) is 58.6 Å². The third kappa shape index (κ3) is 3.69. The lowest BCUT2D eigenvalue weighted by Crippen LogP contribution is -2.54. The molecule has 0 aromatic carbocycles. The van der Waals surface area contributed by atoms with Crippen molar-refractivity contribution in [1.82, 2.24) is 5.32 Å². The number of aliphatic hydroxyl groups excluding tert-OH is 1. The molecule has 2 rings (SSSR count). The molecule has 0 radical (unpaired) electrons. The van der Waals surface area contributed by atoms with Crippen LogP contribution in [0.15, 0.2) is 0 Å². The zero-order valence-electron chi connectivity index (χ0n) is 11.1. The minimum Gasteiger partial charge on any atom is -0.394 e. The fourth-order valence-corrected chi connectivity index (χ4v) is 3.08. The molecule has 0 unspecified atom stereocenters. The van der Waals surface area contributed by atoms with Gasteiger partial charge in [-0.15, -0.1) is 0 Å². The van der Waals surface area contributed by atoms with E-state index in [0.29, 0.717) is 19.6 Å². The van der Waals surface area contributed by atoms with E-state index >= 15 is 0 Å². The van der Waals surface area contributed by atoms with Gasteiger partial charge >= 0.3 is 0 Å². The molecule has 1 aliphatic heterocycles. The van der Waals surface area contributed by atoms with Gasteiger partial charge in [-0.3, -0.25) is 4.79 Å². The molecule has 1 amide bonds. The summed E-state index contributed by atoms with van der Waals surface area (Å²) in [6, 6.07) is 0. The van der Waals surface area contributed by atoms with Gasteiger partial charge in [0.25, 0.3) is 0 Å². The molecule has 4 nitrogen and oxygen atoms in total. The largest absolute Gasteiger partial charge is 0.394 e. The first-order valence-electron chi connectivity index (χ1n) is 7.24. The normalized spacial score (nSPS) is 24.1. The van der Waals surface area contributed by atoms with Crippen LogP contribution in [0.1, 0.15) is 51.4 Å². The second-order valence-corrected chi connectivity index (χ2v) is 5.79. The SMILES string of the molecule is O=C(CCC1CCCC1)NC1(CO)CCOCC1. The van der Waals surface area contributed by atoms with Crippen LogP contribution < -0.4 is 5.32 Å². The molecule has 18 heavy (non-hydrogen) atoms. The number of hydrogen-bond donors (Lipinski definition) is 2. The summed E-state index contributed by atoms with van der Waals surface area (Å²) in [5, 5.41) is 12.5. The maximum Gasteiger partial charge on any atom is 0.220 e. The molecule has 1 heterocycles. The van der Waals surface area contributed by atoms with Crippen molar-refractivity contribution in [3.05, 3.63) is 0 Å². The van der Waals surface area contributed by atoms with E-state index in [4.69, 9.17) is 4.74 Å². The van der Waals surface area contributed by atoms with E-state index in [2.05, 4.69) is 5.32 Å². The number of rotatable bonds is 5. The Morgan fingerprint density at radius 1 is 1.28 bits per heavy atom. The molecule has 2 N–H and O–H groups in total. The minimum atomic E-state index is -0.426. The van der Waals surface area contributed by atoms with E-state index in [1.807, 2.05) is 0 Å². The maximum absolute atomic E-state index is 12.0. The van der Waals surface area contributed by atoms with Gasteiger partial charge in [-0.1, -0.05) is 25.7 Å². The number of carbonyl (C=O) groups excluding carboxylic acids is 1. The zero-order valence-corrected chi connectivity index (χ0v) is 11.1. The van der Waals surface area contributed by atoms with Crippen LogP contribution in [-0.4, -0.2) is 36.4 Å².